The van der Waals surface area contributed by atoms with Gasteiger partial charge in [0, 0.05) is 12.8 Å². The molecule has 0 atom stereocenters. The van der Waals surface area contributed by atoms with E-state index in [9.17, 15) is 9.59 Å². The normalized spacial score (nSPS) is 11.1. The van der Waals surface area contributed by atoms with Crippen LogP contribution in [0.1, 0.15) is 123 Å². The molecule has 0 fully saturated rings. The van der Waals surface area contributed by atoms with Gasteiger partial charge in [-0.1, -0.05) is 97.3 Å². The third-order valence-corrected chi connectivity index (χ3v) is 6.32. The fourth-order valence-electron chi connectivity index (χ4n) is 3.96. The Hall–Kier alpha value is -1.22. The molecular weight excluding hydrogens is 500 g/mol. The summed E-state index contributed by atoms with van der Waals surface area (Å²) in [5.41, 5.74) is 0. The summed E-state index contributed by atoms with van der Waals surface area (Å²) < 4.78 is 32.1. The van der Waals surface area contributed by atoms with Crippen molar-refractivity contribution >= 4 is 11.9 Å². The molecule has 8 heteroatoms. The summed E-state index contributed by atoms with van der Waals surface area (Å²) in [6, 6.07) is 0. The van der Waals surface area contributed by atoms with Gasteiger partial charge in [0.1, 0.15) is 13.2 Å². The molecule has 0 saturated heterocycles. The van der Waals surface area contributed by atoms with E-state index in [0.29, 0.717) is 65.7 Å². The molecule has 0 unspecified atom stereocenters. The van der Waals surface area contributed by atoms with E-state index in [4.69, 9.17) is 28.4 Å². The van der Waals surface area contributed by atoms with Crippen molar-refractivity contribution in [2.75, 3.05) is 66.1 Å². The number of unbranched alkanes of at least 4 members (excludes halogenated alkanes) is 13. The lowest BCUT2D eigenvalue weighted by Crippen LogP contribution is -2.15. The second-order valence-corrected chi connectivity index (χ2v) is 9.99. The van der Waals surface area contributed by atoms with Crippen molar-refractivity contribution in [3.8, 4) is 0 Å². The molecule has 0 aromatic heterocycles. The Bertz CT molecular complexity index is 515. The highest BCUT2D eigenvalue weighted by Gasteiger charge is 2.04. The Morgan fingerprint density at radius 2 is 0.615 bits per heavy atom. The van der Waals surface area contributed by atoms with Crippen molar-refractivity contribution in [2.24, 2.45) is 0 Å². The second-order valence-electron chi connectivity index (χ2n) is 9.99. The van der Waals surface area contributed by atoms with Crippen LogP contribution in [0.15, 0.2) is 0 Å². The number of rotatable bonds is 32. The molecule has 8 nitrogen and oxygen atoms in total. The highest BCUT2D eigenvalue weighted by molar-refractivity contribution is 5.69. The van der Waals surface area contributed by atoms with E-state index in [1.165, 1.54) is 70.6 Å². The Morgan fingerprint density at radius 1 is 0.359 bits per heavy atom. The van der Waals surface area contributed by atoms with Gasteiger partial charge in [-0.2, -0.15) is 0 Å². The lowest BCUT2D eigenvalue weighted by Gasteiger charge is -2.08. The predicted octanol–water partition coefficient (Wildman–Crippen LogP) is 6.81. The molecule has 232 valence electrons. The molecule has 0 aromatic rings. The number of carbonyl (C=O) groups is 2. The molecule has 0 aliphatic heterocycles. The van der Waals surface area contributed by atoms with E-state index in [0.717, 1.165) is 25.7 Å². The minimum Gasteiger partial charge on any atom is -0.463 e. The Balaban J connectivity index is 3.19. The second kappa shape index (κ2) is 33.0. The smallest absolute Gasteiger partial charge is 0.305 e. The zero-order valence-corrected chi connectivity index (χ0v) is 25.4. The third-order valence-electron chi connectivity index (χ3n) is 6.32. The first-order valence-corrected chi connectivity index (χ1v) is 15.8. The average Bonchev–Trinajstić information content (AvgIpc) is 2.93. The minimum absolute atomic E-state index is 0.136. The monoisotopic (exact) mass is 560 g/mol. The van der Waals surface area contributed by atoms with Gasteiger partial charge in [-0.25, -0.2) is 0 Å². The summed E-state index contributed by atoms with van der Waals surface area (Å²) in [7, 11) is 0. The molecule has 0 N–H and O–H groups in total. The Kier molecular flexibility index (Phi) is 32.0. The lowest BCUT2D eigenvalue weighted by molar-refractivity contribution is -0.146. The van der Waals surface area contributed by atoms with Crippen LogP contribution in [0, 0.1) is 0 Å². The maximum absolute atomic E-state index is 11.7. The van der Waals surface area contributed by atoms with Gasteiger partial charge in [-0.3, -0.25) is 9.59 Å². The Morgan fingerprint density at radius 3 is 0.923 bits per heavy atom. The molecular formula is C31H60O8. The molecule has 0 aliphatic rings. The maximum atomic E-state index is 11.7. The number of carbonyl (C=O) groups excluding carboxylic acids is 2. The molecule has 0 heterocycles. The maximum Gasteiger partial charge on any atom is 0.305 e. The molecule has 0 aliphatic carbocycles. The van der Waals surface area contributed by atoms with Gasteiger partial charge in [0.25, 0.3) is 0 Å². The number of hydrogen-bond acceptors (Lipinski definition) is 8. The van der Waals surface area contributed by atoms with Crippen LogP contribution in [-0.4, -0.2) is 78.0 Å². The molecule has 0 amide bonds. The fraction of sp³-hybridized carbons (Fsp3) is 0.935. The Labute approximate surface area is 239 Å². The van der Waals surface area contributed by atoms with Crippen LogP contribution in [0.2, 0.25) is 0 Å². The zero-order valence-electron chi connectivity index (χ0n) is 25.4. The summed E-state index contributed by atoms with van der Waals surface area (Å²) in [5, 5.41) is 0. The van der Waals surface area contributed by atoms with Gasteiger partial charge < -0.3 is 28.4 Å². The lowest BCUT2D eigenvalue weighted by atomic mass is 10.1. The quantitative estimate of drug-likeness (QED) is 0.0655. The average molecular weight is 561 g/mol. The first kappa shape index (κ1) is 37.8. The highest BCUT2D eigenvalue weighted by Crippen LogP contribution is 2.11. The molecule has 0 saturated carbocycles. The summed E-state index contributed by atoms with van der Waals surface area (Å²) in [4.78, 5) is 23.4. The number of esters is 2. The highest BCUT2D eigenvalue weighted by atomic mass is 16.6. The van der Waals surface area contributed by atoms with E-state index in [1.807, 2.05) is 0 Å². The standard InChI is InChI=1S/C31H60O8/c1-3-5-7-9-11-12-13-15-17-19-31(33)39-29-27-37-25-23-35-21-20-34-22-24-36-26-28-38-30(32)18-16-14-10-8-6-4-2/h3-29H2,1-2H3. The number of ether oxygens (including phenoxy) is 6. The van der Waals surface area contributed by atoms with E-state index >= 15 is 0 Å². The SMILES string of the molecule is CCCCCCCCCCCC(=O)OCCOCCOCCOCCOCCOC(=O)CCCCCCCC. The predicted molar refractivity (Wildman–Crippen MR) is 155 cm³/mol. The topological polar surface area (TPSA) is 89.5 Å². The van der Waals surface area contributed by atoms with Crippen LogP contribution >= 0.6 is 0 Å². The van der Waals surface area contributed by atoms with Gasteiger partial charge in [-0.05, 0) is 12.8 Å². The van der Waals surface area contributed by atoms with E-state index in [2.05, 4.69) is 13.8 Å². The van der Waals surface area contributed by atoms with E-state index in [-0.39, 0.29) is 25.2 Å². The van der Waals surface area contributed by atoms with Crippen LogP contribution in [0.25, 0.3) is 0 Å². The molecule has 0 spiro atoms. The number of hydrogen-bond donors (Lipinski definition) is 0. The molecule has 0 rings (SSSR count). The fourth-order valence-corrected chi connectivity index (χ4v) is 3.96. The van der Waals surface area contributed by atoms with Crippen molar-refractivity contribution in [1.29, 1.82) is 0 Å². The molecule has 0 bridgehead atoms. The summed E-state index contributed by atoms with van der Waals surface area (Å²) in [6.45, 7) is 8.58. The van der Waals surface area contributed by atoms with E-state index in [1.54, 1.807) is 0 Å². The van der Waals surface area contributed by atoms with Crippen molar-refractivity contribution in [2.45, 2.75) is 123 Å². The van der Waals surface area contributed by atoms with Crippen LogP contribution in [-0.2, 0) is 38.0 Å². The van der Waals surface area contributed by atoms with Crippen molar-refractivity contribution in [3.63, 3.8) is 0 Å². The van der Waals surface area contributed by atoms with Gasteiger partial charge in [0.05, 0.1) is 52.9 Å². The van der Waals surface area contributed by atoms with Gasteiger partial charge in [0.2, 0.25) is 0 Å². The summed E-state index contributed by atoms with van der Waals surface area (Å²) >= 11 is 0. The first-order valence-electron chi connectivity index (χ1n) is 15.8. The molecule has 0 radical (unpaired) electrons. The van der Waals surface area contributed by atoms with Crippen LogP contribution in [0.3, 0.4) is 0 Å². The molecule has 0 aromatic carbocycles. The van der Waals surface area contributed by atoms with Crippen LogP contribution in [0.4, 0.5) is 0 Å². The largest absolute Gasteiger partial charge is 0.463 e. The van der Waals surface area contributed by atoms with Crippen LogP contribution < -0.4 is 0 Å². The summed E-state index contributed by atoms with van der Waals surface area (Å²) in [6.07, 6.45) is 19.1. The van der Waals surface area contributed by atoms with Crippen molar-refractivity contribution < 1.29 is 38.0 Å². The molecule has 39 heavy (non-hydrogen) atoms. The first-order chi connectivity index (χ1) is 19.2. The van der Waals surface area contributed by atoms with Gasteiger partial charge in [0.15, 0.2) is 0 Å². The van der Waals surface area contributed by atoms with Crippen molar-refractivity contribution in [1.82, 2.24) is 0 Å². The van der Waals surface area contributed by atoms with E-state index < -0.39 is 0 Å². The summed E-state index contributed by atoms with van der Waals surface area (Å²) in [5.74, 6) is -0.278. The zero-order chi connectivity index (χ0) is 28.5. The van der Waals surface area contributed by atoms with Gasteiger partial charge >= 0.3 is 11.9 Å². The van der Waals surface area contributed by atoms with Gasteiger partial charge in [-0.15, -0.1) is 0 Å². The minimum atomic E-state index is -0.142. The third kappa shape index (κ3) is 32.9. The van der Waals surface area contributed by atoms with Crippen LogP contribution in [0.5, 0.6) is 0 Å². The van der Waals surface area contributed by atoms with Crippen molar-refractivity contribution in [3.05, 3.63) is 0 Å².